The Kier molecular flexibility index (Phi) is 2.08. The zero-order valence-corrected chi connectivity index (χ0v) is 7.82. The molecule has 0 saturated heterocycles. The molecule has 0 atom stereocenters. The van der Waals surface area contributed by atoms with Gasteiger partial charge >= 0.3 is 0 Å². The van der Waals surface area contributed by atoms with Crippen LogP contribution in [0.3, 0.4) is 0 Å². The molecule has 0 aliphatic carbocycles. The van der Waals surface area contributed by atoms with Gasteiger partial charge in [-0.1, -0.05) is 18.2 Å². The van der Waals surface area contributed by atoms with Gasteiger partial charge < -0.3 is 4.74 Å². The minimum atomic E-state index is 0.655. The molecule has 0 saturated carbocycles. The molecule has 0 bridgehead atoms. The summed E-state index contributed by atoms with van der Waals surface area (Å²) in [7, 11) is 1.63. The van der Waals surface area contributed by atoms with Crippen LogP contribution in [0.1, 0.15) is 5.56 Å². The number of hydrogen-bond donors (Lipinski definition) is 0. The maximum Gasteiger partial charge on any atom is 0.126 e. The number of ether oxygens (including phenoxy) is 1. The van der Waals surface area contributed by atoms with Crippen LogP contribution in [0.15, 0.2) is 36.4 Å². The zero-order valence-electron chi connectivity index (χ0n) is 7.82. The second-order valence-corrected chi connectivity index (χ2v) is 3.01. The maximum absolute atomic E-state index is 8.77. The van der Waals surface area contributed by atoms with Gasteiger partial charge in [-0.25, -0.2) is 0 Å². The van der Waals surface area contributed by atoms with E-state index in [1.165, 1.54) is 0 Å². The number of rotatable bonds is 1. The van der Waals surface area contributed by atoms with Gasteiger partial charge in [-0.15, -0.1) is 0 Å². The quantitative estimate of drug-likeness (QED) is 0.681. The van der Waals surface area contributed by atoms with Crippen molar-refractivity contribution in [1.29, 1.82) is 5.26 Å². The number of fused-ring (bicyclic) bond motifs is 1. The second kappa shape index (κ2) is 3.39. The zero-order chi connectivity index (χ0) is 9.97. The first-order chi connectivity index (χ1) is 6.85. The fourth-order valence-corrected chi connectivity index (χ4v) is 1.49. The Morgan fingerprint density at radius 2 is 2.07 bits per heavy atom. The van der Waals surface area contributed by atoms with Gasteiger partial charge in [0, 0.05) is 5.39 Å². The number of methoxy groups -OCH3 is 1. The van der Waals surface area contributed by atoms with Crippen LogP contribution in [0.4, 0.5) is 0 Å². The Labute approximate surface area is 82.3 Å². The van der Waals surface area contributed by atoms with Crippen molar-refractivity contribution in [1.82, 2.24) is 0 Å². The third-order valence-electron chi connectivity index (χ3n) is 2.19. The molecule has 0 heterocycles. The highest BCUT2D eigenvalue weighted by molar-refractivity contribution is 5.89. The molecule has 68 valence electrons. The van der Waals surface area contributed by atoms with Crippen LogP contribution in [0.5, 0.6) is 5.75 Å². The molecule has 2 aromatic carbocycles. The summed E-state index contributed by atoms with van der Waals surface area (Å²) in [5, 5.41) is 10.8. The Bertz CT molecular complexity index is 511. The lowest BCUT2D eigenvalue weighted by Crippen LogP contribution is -1.85. The molecular formula is C12H9NO. The van der Waals surface area contributed by atoms with Crippen LogP contribution in [0.2, 0.25) is 0 Å². The van der Waals surface area contributed by atoms with Crippen LogP contribution in [-0.2, 0) is 0 Å². The topological polar surface area (TPSA) is 33.0 Å². The van der Waals surface area contributed by atoms with E-state index in [1.807, 2.05) is 36.4 Å². The van der Waals surface area contributed by atoms with Gasteiger partial charge in [-0.05, 0) is 23.6 Å². The van der Waals surface area contributed by atoms with Crippen LogP contribution in [0, 0.1) is 11.3 Å². The molecule has 0 aliphatic heterocycles. The number of hydrogen-bond acceptors (Lipinski definition) is 2. The highest BCUT2D eigenvalue weighted by atomic mass is 16.5. The molecule has 2 rings (SSSR count). The lowest BCUT2D eigenvalue weighted by atomic mass is 10.1. The fraction of sp³-hybridized carbons (Fsp3) is 0.0833. The largest absolute Gasteiger partial charge is 0.496 e. The molecule has 0 unspecified atom stereocenters. The number of nitriles is 1. The molecule has 0 fully saturated rings. The molecule has 0 N–H and O–H groups in total. The van der Waals surface area contributed by atoms with Crippen molar-refractivity contribution >= 4 is 10.8 Å². The van der Waals surface area contributed by atoms with Crippen LogP contribution < -0.4 is 4.74 Å². The second-order valence-electron chi connectivity index (χ2n) is 3.01. The summed E-state index contributed by atoms with van der Waals surface area (Å²) in [6, 6.07) is 13.5. The van der Waals surface area contributed by atoms with Crippen molar-refractivity contribution in [3.05, 3.63) is 42.0 Å². The van der Waals surface area contributed by atoms with Crippen molar-refractivity contribution in [2.75, 3.05) is 7.11 Å². The third kappa shape index (κ3) is 1.29. The first-order valence-electron chi connectivity index (χ1n) is 4.32. The Balaban J connectivity index is 2.78. The van der Waals surface area contributed by atoms with Gasteiger partial charge in [0.25, 0.3) is 0 Å². The molecule has 0 radical (unpaired) electrons. The molecular weight excluding hydrogens is 174 g/mol. The van der Waals surface area contributed by atoms with Gasteiger partial charge in [0.1, 0.15) is 5.75 Å². The molecule has 14 heavy (non-hydrogen) atoms. The molecule has 0 aliphatic rings. The van der Waals surface area contributed by atoms with E-state index in [-0.39, 0.29) is 0 Å². The van der Waals surface area contributed by atoms with E-state index >= 15 is 0 Å². The van der Waals surface area contributed by atoms with Gasteiger partial charge in [-0.3, -0.25) is 0 Å². The van der Waals surface area contributed by atoms with Crippen molar-refractivity contribution in [3.8, 4) is 11.8 Å². The average molecular weight is 183 g/mol. The van der Waals surface area contributed by atoms with Crippen molar-refractivity contribution < 1.29 is 4.74 Å². The standard InChI is InChI=1S/C12H9NO/c1-14-12-4-2-3-10-6-5-9(8-13)7-11(10)12/h2-7H,1H3. The van der Waals surface area contributed by atoms with E-state index < -0.39 is 0 Å². The predicted molar refractivity (Wildman–Crippen MR) is 55.2 cm³/mol. The molecule has 2 aromatic rings. The van der Waals surface area contributed by atoms with Crippen LogP contribution in [0.25, 0.3) is 10.8 Å². The van der Waals surface area contributed by atoms with Gasteiger partial charge in [0.2, 0.25) is 0 Å². The van der Waals surface area contributed by atoms with Crippen molar-refractivity contribution in [2.45, 2.75) is 0 Å². The molecule has 2 nitrogen and oxygen atoms in total. The first-order valence-corrected chi connectivity index (χ1v) is 4.32. The SMILES string of the molecule is COc1cccc2ccc(C#N)cc12. The maximum atomic E-state index is 8.77. The lowest BCUT2D eigenvalue weighted by Gasteiger charge is -2.04. The molecule has 0 aromatic heterocycles. The summed E-state index contributed by atoms with van der Waals surface area (Å²) < 4.78 is 5.22. The molecule has 2 heteroatoms. The number of nitrogens with zero attached hydrogens (tertiary/aromatic N) is 1. The Hall–Kier alpha value is -2.01. The summed E-state index contributed by atoms with van der Waals surface area (Å²) in [4.78, 5) is 0. The van der Waals surface area contributed by atoms with Crippen molar-refractivity contribution in [2.24, 2.45) is 0 Å². The minimum Gasteiger partial charge on any atom is -0.496 e. The first kappa shape index (κ1) is 8.58. The van der Waals surface area contributed by atoms with E-state index in [0.717, 1.165) is 16.5 Å². The van der Waals surface area contributed by atoms with Crippen LogP contribution in [-0.4, -0.2) is 7.11 Å². The van der Waals surface area contributed by atoms with E-state index in [9.17, 15) is 0 Å². The Morgan fingerprint density at radius 3 is 2.79 bits per heavy atom. The summed E-state index contributed by atoms with van der Waals surface area (Å²) in [6.07, 6.45) is 0. The predicted octanol–water partition coefficient (Wildman–Crippen LogP) is 2.72. The van der Waals surface area contributed by atoms with E-state index in [1.54, 1.807) is 7.11 Å². The highest BCUT2D eigenvalue weighted by Crippen LogP contribution is 2.25. The van der Waals surface area contributed by atoms with Crippen molar-refractivity contribution in [3.63, 3.8) is 0 Å². The molecule has 0 spiro atoms. The minimum absolute atomic E-state index is 0.655. The van der Waals surface area contributed by atoms with Crippen LogP contribution >= 0.6 is 0 Å². The van der Waals surface area contributed by atoms with E-state index in [4.69, 9.17) is 10.00 Å². The fourth-order valence-electron chi connectivity index (χ4n) is 1.49. The lowest BCUT2D eigenvalue weighted by molar-refractivity contribution is 0.420. The highest BCUT2D eigenvalue weighted by Gasteiger charge is 2.01. The number of benzene rings is 2. The Morgan fingerprint density at radius 1 is 1.21 bits per heavy atom. The molecule has 0 amide bonds. The normalized spacial score (nSPS) is 9.71. The van der Waals surface area contributed by atoms with E-state index in [2.05, 4.69) is 6.07 Å². The van der Waals surface area contributed by atoms with E-state index in [0.29, 0.717) is 5.56 Å². The monoisotopic (exact) mass is 183 g/mol. The third-order valence-corrected chi connectivity index (χ3v) is 2.19. The summed E-state index contributed by atoms with van der Waals surface area (Å²) >= 11 is 0. The van der Waals surface area contributed by atoms with Gasteiger partial charge in [0.05, 0.1) is 18.7 Å². The smallest absolute Gasteiger partial charge is 0.126 e. The van der Waals surface area contributed by atoms with Gasteiger partial charge in [0.15, 0.2) is 0 Å². The summed E-state index contributed by atoms with van der Waals surface area (Å²) in [6.45, 7) is 0. The van der Waals surface area contributed by atoms with Gasteiger partial charge in [-0.2, -0.15) is 5.26 Å². The summed E-state index contributed by atoms with van der Waals surface area (Å²) in [5.74, 6) is 0.805. The average Bonchev–Trinajstić information content (AvgIpc) is 2.27. The summed E-state index contributed by atoms with van der Waals surface area (Å²) in [5.41, 5.74) is 0.655.